The third-order valence-electron chi connectivity index (χ3n) is 4.96. The van der Waals surface area contributed by atoms with E-state index in [-0.39, 0.29) is 0 Å². The Labute approximate surface area is 161 Å². The summed E-state index contributed by atoms with van der Waals surface area (Å²) in [4.78, 5) is 0. The van der Waals surface area contributed by atoms with Gasteiger partial charge in [-0.3, -0.25) is 9.67 Å². The SMILES string of the molecule is S=c1[nH]nc(COc2ccc3c(c2)CCC3)n1-c1ccc2c(c1)OCCO2. The van der Waals surface area contributed by atoms with Crippen molar-refractivity contribution in [1.29, 1.82) is 0 Å². The summed E-state index contributed by atoms with van der Waals surface area (Å²) in [6.07, 6.45) is 3.52. The van der Waals surface area contributed by atoms with Crippen LogP contribution >= 0.6 is 12.2 Å². The lowest BCUT2D eigenvalue weighted by Crippen LogP contribution is -2.15. The fourth-order valence-corrected chi connectivity index (χ4v) is 3.91. The van der Waals surface area contributed by atoms with Crippen LogP contribution in [0.15, 0.2) is 36.4 Å². The Bertz CT molecular complexity index is 1060. The third kappa shape index (κ3) is 3.08. The van der Waals surface area contributed by atoms with Crippen molar-refractivity contribution >= 4 is 12.2 Å². The summed E-state index contributed by atoms with van der Waals surface area (Å²) in [5.41, 5.74) is 3.69. The van der Waals surface area contributed by atoms with E-state index in [4.69, 9.17) is 26.4 Å². The van der Waals surface area contributed by atoms with Gasteiger partial charge < -0.3 is 14.2 Å². The highest BCUT2D eigenvalue weighted by Crippen LogP contribution is 2.32. The maximum absolute atomic E-state index is 6.00. The lowest BCUT2D eigenvalue weighted by Gasteiger charge is -2.19. The number of rotatable bonds is 4. The molecule has 3 aromatic rings. The Morgan fingerprint density at radius 2 is 1.89 bits per heavy atom. The molecule has 27 heavy (non-hydrogen) atoms. The number of aromatic amines is 1. The lowest BCUT2D eigenvalue weighted by atomic mass is 10.1. The van der Waals surface area contributed by atoms with Crippen molar-refractivity contribution in [2.24, 2.45) is 0 Å². The van der Waals surface area contributed by atoms with Crippen LogP contribution in [0.5, 0.6) is 17.2 Å². The first kappa shape index (κ1) is 16.4. The van der Waals surface area contributed by atoms with Gasteiger partial charge in [-0.15, -0.1) is 0 Å². The van der Waals surface area contributed by atoms with Crippen LogP contribution in [0.25, 0.3) is 5.69 Å². The van der Waals surface area contributed by atoms with E-state index in [1.54, 1.807) is 0 Å². The molecule has 1 aliphatic carbocycles. The van der Waals surface area contributed by atoms with Gasteiger partial charge in [0, 0.05) is 6.07 Å². The molecular weight excluding hydrogens is 362 g/mol. The Morgan fingerprint density at radius 3 is 2.81 bits per heavy atom. The molecule has 6 nitrogen and oxygen atoms in total. The molecule has 0 amide bonds. The zero-order valence-corrected chi connectivity index (χ0v) is 15.6. The van der Waals surface area contributed by atoms with Crippen molar-refractivity contribution in [2.45, 2.75) is 25.9 Å². The molecule has 2 aliphatic rings. The van der Waals surface area contributed by atoms with Gasteiger partial charge in [0.2, 0.25) is 0 Å². The highest BCUT2D eigenvalue weighted by atomic mass is 32.1. The lowest BCUT2D eigenvalue weighted by molar-refractivity contribution is 0.171. The molecular formula is C20H19N3O3S. The van der Waals surface area contributed by atoms with Gasteiger partial charge in [-0.25, -0.2) is 0 Å². The van der Waals surface area contributed by atoms with Crippen LogP contribution in [0, 0.1) is 4.77 Å². The maximum Gasteiger partial charge on any atom is 0.199 e. The summed E-state index contributed by atoms with van der Waals surface area (Å²) in [6.45, 7) is 1.43. The van der Waals surface area contributed by atoms with Crippen LogP contribution in [-0.2, 0) is 19.4 Å². The first-order chi connectivity index (χ1) is 13.3. The van der Waals surface area contributed by atoms with Crippen molar-refractivity contribution < 1.29 is 14.2 Å². The second-order valence-corrected chi connectivity index (χ2v) is 7.07. The molecule has 1 aromatic heterocycles. The Morgan fingerprint density at radius 1 is 1.04 bits per heavy atom. The van der Waals surface area contributed by atoms with E-state index in [1.165, 1.54) is 24.0 Å². The molecule has 0 saturated carbocycles. The number of nitrogens with zero attached hydrogens (tertiary/aromatic N) is 2. The van der Waals surface area contributed by atoms with Crippen LogP contribution in [-0.4, -0.2) is 28.0 Å². The first-order valence-electron chi connectivity index (χ1n) is 9.09. The highest BCUT2D eigenvalue weighted by molar-refractivity contribution is 7.71. The quantitative estimate of drug-likeness (QED) is 0.697. The summed E-state index contributed by atoms with van der Waals surface area (Å²) < 4.78 is 19.6. The van der Waals surface area contributed by atoms with E-state index < -0.39 is 0 Å². The number of nitrogens with one attached hydrogen (secondary N) is 1. The van der Waals surface area contributed by atoms with E-state index in [2.05, 4.69) is 22.3 Å². The highest BCUT2D eigenvalue weighted by Gasteiger charge is 2.16. The van der Waals surface area contributed by atoms with Crippen molar-refractivity contribution in [3.63, 3.8) is 0 Å². The summed E-state index contributed by atoms with van der Waals surface area (Å²) in [7, 11) is 0. The van der Waals surface area contributed by atoms with Gasteiger partial charge in [-0.05, 0) is 66.9 Å². The number of aromatic nitrogens is 3. The fourth-order valence-electron chi connectivity index (χ4n) is 3.65. The Hall–Kier alpha value is -2.80. The van der Waals surface area contributed by atoms with Crippen molar-refractivity contribution in [3.05, 3.63) is 58.1 Å². The van der Waals surface area contributed by atoms with Crippen molar-refractivity contribution in [3.8, 4) is 22.9 Å². The zero-order valence-electron chi connectivity index (χ0n) is 14.7. The first-order valence-corrected chi connectivity index (χ1v) is 9.50. The molecule has 2 aromatic carbocycles. The minimum atomic E-state index is 0.320. The van der Waals surface area contributed by atoms with Gasteiger partial charge in [0.05, 0.1) is 5.69 Å². The molecule has 0 spiro atoms. The monoisotopic (exact) mass is 381 g/mol. The molecule has 7 heteroatoms. The van der Waals surface area contributed by atoms with Crippen molar-refractivity contribution in [2.75, 3.05) is 13.2 Å². The number of H-pyrrole nitrogens is 1. The van der Waals surface area contributed by atoms with Gasteiger partial charge in [-0.2, -0.15) is 5.10 Å². The molecule has 5 rings (SSSR count). The van der Waals surface area contributed by atoms with E-state index in [0.717, 1.165) is 23.6 Å². The van der Waals surface area contributed by atoms with Gasteiger partial charge in [0.1, 0.15) is 25.6 Å². The van der Waals surface area contributed by atoms with E-state index in [0.29, 0.717) is 36.2 Å². The van der Waals surface area contributed by atoms with Crippen molar-refractivity contribution in [1.82, 2.24) is 14.8 Å². The second kappa shape index (κ2) is 6.74. The minimum absolute atomic E-state index is 0.320. The van der Waals surface area contributed by atoms with Crippen LogP contribution in [0.2, 0.25) is 0 Å². The minimum Gasteiger partial charge on any atom is -0.486 e. The second-order valence-electron chi connectivity index (χ2n) is 6.68. The number of benzene rings is 2. The van der Waals surface area contributed by atoms with Gasteiger partial charge in [-0.1, -0.05) is 6.07 Å². The van der Waals surface area contributed by atoms with Gasteiger partial charge >= 0.3 is 0 Å². The third-order valence-corrected chi connectivity index (χ3v) is 5.24. The smallest absolute Gasteiger partial charge is 0.199 e. The number of aryl methyl sites for hydroxylation is 2. The summed E-state index contributed by atoms with van der Waals surface area (Å²) >= 11 is 5.42. The predicted molar refractivity (Wildman–Crippen MR) is 103 cm³/mol. The normalized spacial score (nSPS) is 14.8. The molecule has 0 atom stereocenters. The van der Waals surface area contributed by atoms with E-state index in [1.807, 2.05) is 28.8 Å². The van der Waals surface area contributed by atoms with Gasteiger partial charge in [0.25, 0.3) is 0 Å². The molecule has 138 valence electrons. The fraction of sp³-hybridized carbons (Fsp3) is 0.300. The number of hydrogen-bond donors (Lipinski definition) is 1. The summed E-state index contributed by atoms with van der Waals surface area (Å²) in [6, 6.07) is 12.1. The molecule has 0 unspecified atom stereocenters. The van der Waals surface area contributed by atoms with Gasteiger partial charge in [0.15, 0.2) is 22.1 Å². The summed E-state index contributed by atoms with van der Waals surface area (Å²) in [5.74, 6) is 3.03. The van der Waals surface area contributed by atoms with E-state index in [9.17, 15) is 0 Å². The largest absolute Gasteiger partial charge is 0.486 e. The van der Waals surface area contributed by atoms with Crippen LogP contribution < -0.4 is 14.2 Å². The van der Waals surface area contributed by atoms with Crippen LogP contribution in [0.4, 0.5) is 0 Å². The van der Waals surface area contributed by atoms with Crippen LogP contribution in [0.1, 0.15) is 23.4 Å². The molecule has 2 heterocycles. The van der Waals surface area contributed by atoms with Crippen LogP contribution in [0.3, 0.4) is 0 Å². The number of hydrogen-bond acceptors (Lipinski definition) is 5. The Kier molecular flexibility index (Phi) is 4.09. The Balaban J connectivity index is 1.41. The standard InChI is InChI=1S/C20H19N3O3S/c27-20-22-21-19(12-26-16-6-4-13-2-1-3-14(13)10-16)23(20)15-5-7-17-18(11-15)25-9-8-24-17/h4-7,10-11H,1-3,8-9,12H2,(H,22,27). The summed E-state index contributed by atoms with van der Waals surface area (Å²) in [5, 5.41) is 7.20. The molecule has 1 N–H and O–H groups in total. The topological polar surface area (TPSA) is 61.3 Å². The molecule has 1 aliphatic heterocycles. The average Bonchev–Trinajstić information content (AvgIpc) is 3.31. The number of fused-ring (bicyclic) bond motifs is 2. The molecule has 0 radical (unpaired) electrons. The molecule has 0 fully saturated rings. The maximum atomic E-state index is 6.00. The zero-order chi connectivity index (χ0) is 18.2. The molecule has 0 bridgehead atoms. The molecule has 0 saturated heterocycles. The van der Waals surface area contributed by atoms with E-state index >= 15 is 0 Å². The average molecular weight is 381 g/mol. The predicted octanol–water partition coefficient (Wildman–Crippen LogP) is 3.77. The number of ether oxygens (including phenoxy) is 3.